The molecule has 26 heavy (non-hydrogen) atoms. The summed E-state index contributed by atoms with van der Waals surface area (Å²) in [5.41, 5.74) is 2.48. The molecule has 134 valence electrons. The molecule has 1 aliphatic rings. The number of hydrogen-bond donors (Lipinski definition) is 1. The molecule has 0 fully saturated rings. The molecular formula is C19H20N4O3. The van der Waals surface area contributed by atoms with Gasteiger partial charge in [0.15, 0.2) is 5.78 Å². The molecule has 4 rings (SSSR count). The van der Waals surface area contributed by atoms with Gasteiger partial charge in [-0.3, -0.25) is 14.9 Å². The van der Waals surface area contributed by atoms with Gasteiger partial charge in [0.25, 0.3) is 5.91 Å². The summed E-state index contributed by atoms with van der Waals surface area (Å²) < 4.78 is 7.54. The number of ketones is 1. The molecular weight excluding hydrogens is 332 g/mol. The van der Waals surface area contributed by atoms with Crippen LogP contribution in [-0.4, -0.2) is 26.2 Å². The largest absolute Gasteiger partial charge is 0.428 e. The van der Waals surface area contributed by atoms with Crippen LogP contribution in [0.2, 0.25) is 0 Å². The van der Waals surface area contributed by atoms with Crippen LogP contribution in [0.1, 0.15) is 46.9 Å². The van der Waals surface area contributed by atoms with E-state index >= 15 is 0 Å². The molecule has 1 N–H and O–H groups in total. The van der Waals surface area contributed by atoms with E-state index in [1.54, 1.807) is 18.5 Å². The Morgan fingerprint density at radius 3 is 2.92 bits per heavy atom. The van der Waals surface area contributed by atoms with E-state index in [9.17, 15) is 9.59 Å². The normalized spacial score (nSPS) is 16.9. The number of amides is 1. The zero-order valence-electron chi connectivity index (χ0n) is 14.9. The predicted molar refractivity (Wildman–Crippen MR) is 96.1 cm³/mol. The van der Waals surface area contributed by atoms with Crippen LogP contribution in [-0.2, 0) is 13.5 Å². The average Bonchev–Trinajstić information content (AvgIpc) is 3.18. The highest BCUT2D eigenvalue weighted by Crippen LogP contribution is 2.31. The Morgan fingerprint density at radius 2 is 2.15 bits per heavy atom. The Morgan fingerprint density at radius 1 is 1.35 bits per heavy atom. The summed E-state index contributed by atoms with van der Waals surface area (Å²) in [5.74, 6) is 0.835. The summed E-state index contributed by atoms with van der Waals surface area (Å²) in [6.45, 7) is 4.19. The number of carbonyl (C=O) groups excluding carboxylic acids is 2. The summed E-state index contributed by atoms with van der Waals surface area (Å²) in [7, 11) is 1.90. The van der Waals surface area contributed by atoms with Crippen molar-refractivity contribution in [1.82, 2.24) is 14.5 Å². The number of Topliss-reactive ketones (excluding diaryl/α,β-unsaturated/α-hetero) is 1. The van der Waals surface area contributed by atoms with Gasteiger partial charge in [0.05, 0.1) is 17.4 Å². The number of carbonyl (C=O) groups is 2. The number of aryl methyl sites for hydroxylation is 1. The topological polar surface area (TPSA) is 90.0 Å². The fourth-order valence-electron chi connectivity index (χ4n) is 3.32. The van der Waals surface area contributed by atoms with E-state index in [4.69, 9.17) is 4.42 Å². The predicted octanol–water partition coefficient (Wildman–Crippen LogP) is 3.21. The van der Waals surface area contributed by atoms with Gasteiger partial charge >= 0.3 is 6.01 Å². The van der Waals surface area contributed by atoms with Crippen LogP contribution in [0.25, 0.3) is 11.0 Å². The fourth-order valence-corrected chi connectivity index (χ4v) is 3.32. The number of anilines is 1. The first-order valence-corrected chi connectivity index (χ1v) is 8.67. The van der Waals surface area contributed by atoms with E-state index in [1.165, 1.54) is 0 Å². The molecule has 7 heteroatoms. The zero-order chi connectivity index (χ0) is 18.4. The second-order valence-corrected chi connectivity index (χ2v) is 7.14. The van der Waals surface area contributed by atoms with Crippen molar-refractivity contribution in [3.8, 4) is 0 Å². The first-order valence-electron chi connectivity index (χ1n) is 8.67. The molecule has 0 radical (unpaired) electrons. The van der Waals surface area contributed by atoms with Crippen LogP contribution >= 0.6 is 0 Å². The molecule has 1 amide bonds. The zero-order valence-corrected chi connectivity index (χ0v) is 14.9. The molecule has 3 aromatic rings. The van der Waals surface area contributed by atoms with Crippen molar-refractivity contribution in [2.75, 3.05) is 5.32 Å². The maximum absolute atomic E-state index is 12.5. The fraction of sp³-hybridized carbons (Fsp3) is 0.368. The lowest BCUT2D eigenvalue weighted by atomic mass is 9.82. The second kappa shape index (κ2) is 6.09. The second-order valence-electron chi connectivity index (χ2n) is 7.14. The molecule has 0 spiro atoms. The van der Waals surface area contributed by atoms with Crippen LogP contribution in [0.5, 0.6) is 0 Å². The highest BCUT2D eigenvalue weighted by atomic mass is 16.4. The number of hydrogen-bond acceptors (Lipinski definition) is 5. The summed E-state index contributed by atoms with van der Waals surface area (Å²) >= 11 is 0. The van der Waals surface area contributed by atoms with Crippen LogP contribution < -0.4 is 5.32 Å². The van der Waals surface area contributed by atoms with Gasteiger partial charge < -0.3 is 8.98 Å². The summed E-state index contributed by atoms with van der Waals surface area (Å²) in [6, 6.07) is 5.35. The third-order valence-electron chi connectivity index (χ3n) is 5.01. The lowest BCUT2D eigenvalue weighted by Crippen LogP contribution is -2.23. The molecule has 2 heterocycles. The monoisotopic (exact) mass is 352 g/mol. The van der Waals surface area contributed by atoms with Crippen molar-refractivity contribution in [1.29, 1.82) is 0 Å². The lowest BCUT2D eigenvalue weighted by Gasteiger charge is -2.22. The number of oxazole rings is 1. The van der Waals surface area contributed by atoms with Gasteiger partial charge in [0.2, 0.25) is 0 Å². The van der Waals surface area contributed by atoms with E-state index < -0.39 is 0 Å². The van der Waals surface area contributed by atoms with Crippen molar-refractivity contribution in [2.24, 2.45) is 18.9 Å². The Balaban J connectivity index is 1.56. The molecule has 1 aliphatic carbocycles. The SMILES string of the molecule is CC(C)C1CC(=O)c2nc(NC(=O)c3ccc4c(c3)ncn4C)oc2C1. The number of nitrogens with zero attached hydrogens (tertiary/aromatic N) is 3. The molecule has 2 aromatic heterocycles. The van der Waals surface area contributed by atoms with Crippen molar-refractivity contribution in [3.05, 3.63) is 41.5 Å². The molecule has 0 saturated carbocycles. The minimum Gasteiger partial charge on any atom is -0.428 e. The maximum atomic E-state index is 12.5. The number of fused-ring (bicyclic) bond motifs is 2. The minimum atomic E-state index is -0.344. The molecule has 7 nitrogen and oxygen atoms in total. The smallest absolute Gasteiger partial charge is 0.302 e. The van der Waals surface area contributed by atoms with Crippen LogP contribution in [0.3, 0.4) is 0 Å². The molecule has 0 aliphatic heterocycles. The molecule has 0 bridgehead atoms. The first-order chi connectivity index (χ1) is 12.4. The maximum Gasteiger partial charge on any atom is 0.302 e. The Labute approximate surface area is 150 Å². The number of nitrogens with one attached hydrogen (secondary N) is 1. The van der Waals surface area contributed by atoms with E-state index in [2.05, 4.69) is 29.1 Å². The van der Waals surface area contributed by atoms with E-state index in [-0.39, 0.29) is 23.6 Å². The van der Waals surface area contributed by atoms with Gasteiger partial charge in [-0.05, 0) is 30.0 Å². The van der Waals surface area contributed by atoms with Crippen molar-refractivity contribution in [3.63, 3.8) is 0 Å². The first kappa shape index (κ1) is 16.5. The van der Waals surface area contributed by atoms with E-state index in [1.807, 2.05) is 17.7 Å². The van der Waals surface area contributed by atoms with Crippen molar-refractivity contribution in [2.45, 2.75) is 26.7 Å². The minimum absolute atomic E-state index is 0.0240. The van der Waals surface area contributed by atoms with Crippen LogP contribution in [0.4, 0.5) is 6.01 Å². The Hall–Kier alpha value is -2.96. The van der Waals surface area contributed by atoms with Crippen molar-refractivity contribution >= 4 is 28.7 Å². The van der Waals surface area contributed by atoms with Gasteiger partial charge in [0.1, 0.15) is 11.5 Å². The Kier molecular flexibility index (Phi) is 3.86. The van der Waals surface area contributed by atoms with Gasteiger partial charge in [-0.25, -0.2) is 4.98 Å². The highest BCUT2D eigenvalue weighted by Gasteiger charge is 2.32. The summed E-state index contributed by atoms with van der Waals surface area (Å²) in [5, 5.41) is 2.65. The number of aromatic nitrogens is 3. The van der Waals surface area contributed by atoms with Gasteiger partial charge in [-0.2, -0.15) is 4.98 Å². The van der Waals surface area contributed by atoms with Crippen LogP contribution in [0, 0.1) is 11.8 Å². The van der Waals surface area contributed by atoms with Crippen molar-refractivity contribution < 1.29 is 14.0 Å². The number of imidazole rings is 1. The van der Waals surface area contributed by atoms with E-state index in [0.717, 1.165) is 11.0 Å². The Bertz CT molecular complexity index is 1020. The third-order valence-corrected chi connectivity index (χ3v) is 5.01. The summed E-state index contributed by atoms with van der Waals surface area (Å²) in [4.78, 5) is 33.2. The average molecular weight is 352 g/mol. The molecule has 1 atom stereocenters. The van der Waals surface area contributed by atoms with Gasteiger partial charge in [0, 0.05) is 25.5 Å². The highest BCUT2D eigenvalue weighted by molar-refractivity contribution is 6.05. The molecule has 0 saturated heterocycles. The number of rotatable bonds is 3. The van der Waals surface area contributed by atoms with Gasteiger partial charge in [-0.15, -0.1) is 0 Å². The van der Waals surface area contributed by atoms with Crippen LogP contribution in [0.15, 0.2) is 28.9 Å². The quantitative estimate of drug-likeness (QED) is 0.782. The molecule has 1 unspecified atom stereocenters. The standard InChI is InChI=1S/C19H20N4O3/c1-10(2)12-7-15(24)17-16(8-12)26-19(21-17)22-18(25)11-4-5-14-13(6-11)20-9-23(14)3/h4-6,9-10,12H,7-8H2,1-3H3,(H,21,22,25). The number of benzene rings is 1. The lowest BCUT2D eigenvalue weighted by molar-refractivity contribution is 0.0922. The third kappa shape index (κ3) is 2.79. The molecule has 1 aromatic carbocycles. The van der Waals surface area contributed by atoms with Gasteiger partial charge in [-0.1, -0.05) is 13.8 Å². The summed E-state index contributed by atoms with van der Waals surface area (Å²) in [6.07, 6.45) is 2.84. The van der Waals surface area contributed by atoms with E-state index in [0.29, 0.717) is 35.8 Å².